The molecule has 0 N–H and O–H groups in total. The van der Waals surface area contributed by atoms with Crippen molar-refractivity contribution in [2.24, 2.45) is 5.92 Å². The normalized spacial score (nSPS) is 25.6. The number of halogens is 3. The molecule has 1 aromatic rings. The highest BCUT2D eigenvalue weighted by molar-refractivity contribution is 5.16. The molecule has 1 saturated carbocycles. The first-order valence-electron chi connectivity index (χ1n) is 5.66. The Morgan fingerprint density at radius 2 is 2.00 bits per heavy atom. The van der Waals surface area contributed by atoms with Gasteiger partial charge in [0, 0.05) is 25.1 Å². The van der Waals surface area contributed by atoms with E-state index in [1.54, 1.807) is 0 Å². The summed E-state index contributed by atoms with van der Waals surface area (Å²) >= 11 is 0. The van der Waals surface area contributed by atoms with Crippen molar-refractivity contribution in [1.29, 1.82) is 0 Å². The van der Waals surface area contributed by atoms with Crippen molar-refractivity contribution in [3.8, 4) is 0 Å². The lowest BCUT2D eigenvalue weighted by molar-refractivity contribution is -0.179. The minimum Gasteiger partial charge on any atom is -0.335 e. The van der Waals surface area contributed by atoms with E-state index in [-0.39, 0.29) is 12.8 Å². The summed E-state index contributed by atoms with van der Waals surface area (Å²) in [7, 11) is 0. The zero-order valence-electron chi connectivity index (χ0n) is 8.80. The van der Waals surface area contributed by atoms with Gasteiger partial charge in [0.1, 0.15) is 5.82 Å². The number of aromatic nitrogens is 2. The molecule has 1 fully saturated rings. The molecule has 0 saturated heterocycles. The van der Waals surface area contributed by atoms with Crippen molar-refractivity contribution in [3.63, 3.8) is 0 Å². The maximum absolute atomic E-state index is 12.6. The lowest BCUT2D eigenvalue weighted by atomic mass is 9.97. The molecule has 0 spiro atoms. The van der Waals surface area contributed by atoms with Gasteiger partial charge in [0.2, 0.25) is 0 Å². The Labute approximate surface area is 91.5 Å². The van der Waals surface area contributed by atoms with Crippen LogP contribution in [-0.4, -0.2) is 15.7 Å². The average Bonchev–Trinajstić information content (AvgIpc) is 2.96. The van der Waals surface area contributed by atoms with E-state index >= 15 is 0 Å². The van der Waals surface area contributed by atoms with Crippen LogP contribution in [0.25, 0.3) is 0 Å². The van der Waals surface area contributed by atoms with E-state index in [2.05, 4.69) is 4.98 Å². The molecule has 2 nitrogen and oxygen atoms in total. The highest BCUT2D eigenvalue weighted by Gasteiger charge is 2.42. The summed E-state index contributed by atoms with van der Waals surface area (Å²) in [6.07, 6.45) is 0.391. The lowest BCUT2D eigenvalue weighted by Crippen LogP contribution is -2.31. The second kappa shape index (κ2) is 3.25. The van der Waals surface area contributed by atoms with Gasteiger partial charge in [0.05, 0.1) is 11.6 Å². The predicted octanol–water partition coefficient (Wildman–Crippen LogP) is 2.89. The predicted molar refractivity (Wildman–Crippen MR) is 52.1 cm³/mol. The number of aryl methyl sites for hydroxylation is 1. The first-order chi connectivity index (χ1) is 7.54. The number of rotatable bonds is 1. The second-order valence-electron chi connectivity index (χ2n) is 4.78. The van der Waals surface area contributed by atoms with E-state index in [0.29, 0.717) is 18.3 Å². The molecule has 0 bridgehead atoms. The maximum atomic E-state index is 12.6. The van der Waals surface area contributed by atoms with Gasteiger partial charge in [-0.2, -0.15) is 13.2 Å². The van der Waals surface area contributed by atoms with E-state index in [0.717, 1.165) is 18.5 Å². The van der Waals surface area contributed by atoms with Gasteiger partial charge in [0.15, 0.2) is 0 Å². The van der Waals surface area contributed by atoms with Gasteiger partial charge in [0.25, 0.3) is 0 Å². The fraction of sp³-hybridized carbons (Fsp3) is 0.727. The summed E-state index contributed by atoms with van der Waals surface area (Å²) in [6.45, 7) is 0.458. The molecule has 88 valence electrons. The van der Waals surface area contributed by atoms with Crippen molar-refractivity contribution in [2.45, 2.75) is 44.3 Å². The first-order valence-corrected chi connectivity index (χ1v) is 5.66. The Hall–Kier alpha value is -1.00. The van der Waals surface area contributed by atoms with Crippen LogP contribution < -0.4 is 0 Å². The van der Waals surface area contributed by atoms with Gasteiger partial charge < -0.3 is 4.57 Å². The van der Waals surface area contributed by atoms with Crippen molar-refractivity contribution >= 4 is 0 Å². The zero-order chi connectivity index (χ0) is 11.3. The molecule has 2 aliphatic rings. The van der Waals surface area contributed by atoms with Crippen LogP contribution >= 0.6 is 0 Å². The fourth-order valence-electron chi connectivity index (χ4n) is 2.31. The highest BCUT2D eigenvalue weighted by Crippen LogP contribution is 2.41. The molecule has 0 aromatic carbocycles. The van der Waals surface area contributed by atoms with Gasteiger partial charge in [-0.1, -0.05) is 0 Å². The third-order valence-corrected chi connectivity index (χ3v) is 3.48. The van der Waals surface area contributed by atoms with Crippen LogP contribution in [0.2, 0.25) is 0 Å². The Morgan fingerprint density at radius 3 is 2.62 bits per heavy atom. The Bertz CT molecular complexity index is 404. The zero-order valence-corrected chi connectivity index (χ0v) is 8.80. The number of hydrogen-bond donors (Lipinski definition) is 0. The van der Waals surface area contributed by atoms with Crippen LogP contribution in [0.4, 0.5) is 13.2 Å². The van der Waals surface area contributed by atoms with Crippen molar-refractivity contribution < 1.29 is 13.2 Å². The quantitative estimate of drug-likeness (QED) is 0.725. The number of nitrogens with zero attached hydrogens (tertiary/aromatic N) is 2. The van der Waals surface area contributed by atoms with Gasteiger partial charge in [-0.25, -0.2) is 4.98 Å². The molecule has 1 aliphatic heterocycles. The minimum absolute atomic E-state index is 0.0518. The molecule has 1 atom stereocenters. The number of hydrogen-bond acceptors (Lipinski definition) is 1. The van der Waals surface area contributed by atoms with Crippen LogP contribution in [0.15, 0.2) is 6.20 Å². The molecule has 1 aromatic heterocycles. The van der Waals surface area contributed by atoms with Crippen LogP contribution in [0, 0.1) is 5.92 Å². The monoisotopic (exact) mass is 230 g/mol. The third kappa shape index (κ3) is 1.72. The summed E-state index contributed by atoms with van der Waals surface area (Å²) in [5.41, 5.74) is 0.998. The molecule has 0 radical (unpaired) electrons. The summed E-state index contributed by atoms with van der Waals surface area (Å²) in [5, 5.41) is 0. The topological polar surface area (TPSA) is 17.8 Å². The molecular formula is C11H13F3N2. The summed E-state index contributed by atoms with van der Waals surface area (Å²) in [6, 6.07) is 0. The molecule has 3 rings (SSSR count). The van der Waals surface area contributed by atoms with Gasteiger partial charge in [-0.3, -0.25) is 0 Å². The molecule has 0 amide bonds. The Kier molecular flexibility index (Phi) is 2.06. The second-order valence-corrected chi connectivity index (χ2v) is 4.78. The average molecular weight is 230 g/mol. The molecule has 5 heteroatoms. The first kappa shape index (κ1) is 10.2. The van der Waals surface area contributed by atoms with E-state index < -0.39 is 12.1 Å². The van der Waals surface area contributed by atoms with Crippen LogP contribution in [0.5, 0.6) is 0 Å². The van der Waals surface area contributed by atoms with Crippen LogP contribution in [-0.2, 0) is 13.0 Å². The van der Waals surface area contributed by atoms with Crippen molar-refractivity contribution in [1.82, 2.24) is 9.55 Å². The largest absolute Gasteiger partial charge is 0.392 e. The third-order valence-electron chi connectivity index (χ3n) is 3.48. The standard InChI is InChI=1S/C11H13F3N2/c12-11(13,14)8-3-4-16-6-9(7-1-2-7)15-10(16)5-8/h6-8H,1-5H2/t8-/m0/s1. The number of imidazole rings is 1. The molecule has 1 aliphatic carbocycles. The molecule has 16 heavy (non-hydrogen) atoms. The highest BCUT2D eigenvalue weighted by atomic mass is 19.4. The SMILES string of the molecule is FC(F)(F)[C@H]1CCn2cc(C3CC3)nc2C1. The molecule has 0 unspecified atom stereocenters. The molecule has 2 heterocycles. The van der Waals surface area contributed by atoms with Crippen LogP contribution in [0.3, 0.4) is 0 Å². The van der Waals surface area contributed by atoms with E-state index in [9.17, 15) is 13.2 Å². The van der Waals surface area contributed by atoms with Gasteiger partial charge in [-0.15, -0.1) is 0 Å². The fourth-order valence-corrected chi connectivity index (χ4v) is 2.31. The summed E-state index contributed by atoms with van der Waals surface area (Å²) < 4.78 is 39.6. The molecular weight excluding hydrogens is 217 g/mol. The Balaban J connectivity index is 1.82. The maximum Gasteiger partial charge on any atom is 0.392 e. The minimum atomic E-state index is -4.07. The Morgan fingerprint density at radius 1 is 1.25 bits per heavy atom. The van der Waals surface area contributed by atoms with E-state index in [1.807, 2.05) is 10.8 Å². The lowest BCUT2D eigenvalue weighted by Gasteiger charge is -2.25. The summed E-state index contributed by atoms with van der Waals surface area (Å²) in [5.74, 6) is -0.0626. The number of alkyl halides is 3. The van der Waals surface area contributed by atoms with E-state index in [1.165, 1.54) is 0 Å². The van der Waals surface area contributed by atoms with Crippen molar-refractivity contribution in [2.75, 3.05) is 0 Å². The summed E-state index contributed by atoms with van der Waals surface area (Å²) in [4.78, 5) is 4.34. The smallest absolute Gasteiger partial charge is 0.335 e. The van der Waals surface area contributed by atoms with Crippen LogP contribution in [0.1, 0.15) is 36.7 Å². The van der Waals surface area contributed by atoms with Crippen molar-refractivity contribution in [3.05, 3.63) is 17.7 Å². The van der Waals surface area contributed by atoms with Gasteiger partial charge in [-0.05, 0) is 19.3 Å². The van der Waals surface area contributed by atoms with E-state index in [4.69, 9.17) is 0 Å². The van der Waals surface area contributed by atoms with Gasteiger partial charge >= 0.3 is 6.18 Å². The number of fused-ring (bicyclic) bond motifs is 1.